The molecule has 0 bridgehead atoms. The highest BCUT2D eigenvalue weighted by Gasteiger charge is 2.12. The van der Waals surface area contributed by atoms with Crippen LogP contribution in [0.3, 0.4) is 0 Å². The van der Waals surface area contributed by atoms with Gasteiger partial charge < -0.3 is 5.32 Å². The molecule has 0 aromatic rings. The highest BCUT2D eigenvalue weighted by molar-refractivity contribution is 7.80. The third-order valence-electron chi connectivity index (χ3n) is 1.85. The van der Waals surface area contributed by atoms with E-state index in [0.29, 0.717) is 0 Å². The van der Waals surface area contributed by atoms with Crippen LogP contribution in [0.1, 0.15) is 13.3 Å². The smallest absolute Gasteiger partial charge is 0.0728 e. The maximum atomic E-state index is 4.33. The third-order valence-corrected chi connectivity index (χ3v) is 2.19. The molecule has 0 aromatic heterocycles. The van der Waals surface area contributed by atoms with E-state index < -0.39 is 0 Å². The van der Waals surface area contributed by atoms with Gasteiger partial charge >= 0.3 is 0 Å². The van der Waals surface area contributed by atoms with Gasteiger partial charge in [-0.25, -0.2) is 0 Å². The van der Waals surface area contributed by atoms with Crippen molar-refractivity contribution in [2.45, 2.75) is 18.7 Å². The van der Waals surface area contributed by atoms with E-state index in [0.717, 1.165) is 17.7 Å². The molecule has 1 aliphatic heterocycles. The Kier molecular flexibility index (Phi) is 3.83. The molecule has 1 aliphatic rings. The molecule has 0 radical (unpaired) electrons. The summed E-state index contributed by atoms with van der Waals surface area (Å²) in [7, 11) is 0. The Bertz CT molecular complexity index is 277. The van der Waals surface area contributed by atoms with Crippen molar-refractivity contribution in [3.05, 3.63) is 35.7 Å². The molecule has 0 fully saturated rings. The maximum absolute atomic E-state index is 4.33. The highest BCUT2D eigenvalue weighted by Crippen LogP contribution is 2.19. The molecule has 1 rings (SSSR count). The number of aliphatic imine (C=N–C) groups is 1. The normalized spacial score (nSPS) is 23.1. The van der Waals surface area contributed by atoms with Crippen molar-refractivity contribution >= 4 is 19.3 Å². The average molecular weight is 194 g/mol. The van der Waals surface area contributed by atoms with Crippen LogP contribution in [0.15, 0.2) is 40.7 Å². The molecule has 0 amide bonds. The molecular weight excluding hydrogens is 180 g/mol. The van der Waals surface area contributed by atoms with E-state index in [1.807, 2.05) is 19.1 Å². The van der Waals surface area contributed by atoms with Gasteiger partial charge in [0.2, 0.25) is 0 Å². The number of hydrogen-bond donors (Lipinski definition) is 2. The first-order chi connectivity index (χ1) is 6.27. The lowest BCUT2D eigenvalue weighted by Crippen LogP contribution is -2.16. The number of thiol groups is 1. The lowest BCUT2D eigenvalue weighted by Gasteiger charge is -2.07. The summed E-state index contributed by atoms with van der Waals surface area (Å²) in [6.07, 6.45) is 8.75. The molecule has 70 valence electrons. The van der Waals surface area contributed by atoms with Crippen molar-refractivity contribution in [1.82, 2.24) is 5.32 Å². The summed E-state index contributed by atoms with van der Waals surface area (Å²) in [4.78, 5) is 3.67. The Hall–Kier alpha value is -0.960. The molecule has 2 nitrogen and oxygen atoms in total. The SMILES string of the molecule is C=N/C=C\C(=C/C)C1=CCC(S)N1. The molecule has 13 heavy (non-hydrogen) atoms. The first-order valence-electron chi connectivity index (χ1n) is 4.21. The lowest BCUT2D eigenvalue weighted by atomic mass is 10.2. The second kappa shape index (κ2) is 4.92. The van der Waals surface area contributed by atoms with Gasteiger partial charge in [-0.2, -0.15) is 12.6 Å². The summed E-state index contributed by atoms with van der Waals surface area (Å²) in [5, 5.41) is 3.50. The summed E-state index contributed by atoms with van der Waals surface area (Å²) >= 11 is 4.33. The zero-order chi connectivity index (χ0) is 9.68. The largest absolute Gasteiger partial charge is 0.373 e. The third kappa shape index (κ3) is 2.77. The second-order valence-corrected chi connectivity index (χ2v) is 3.38. The van der Waals surface area contributed by atoms with E-state index in [2.05, 4.69) is 35.7 Å². The molecule has 0 saturated carbocycles. The first-order valence-corrected chi connectivity index (χ1v) is 4.73. The Labute approximate surface area is 84.5 Å². The molecule has 1 heterocycles. The van der Waals surface area contributed by atoms with Gasteiger partial charge in [-0.3, -0.25) is 4.99 Å². The van der Waals surface area contributed by atoms with Crippen molar-refractivity contribution in [3.8, 4) is 0 Å². The van der Waals surface area contributed by atoms with Gasteiger partial charge in [0.1, 0.15) is 0 Å². The van der Waals surface area contributed by atoms with Crippen LogP contribution in [0.5, 0.6) is 0 Å². The zero-order valence-electron chi connectivity index (χ0n) is 7.70. The minimum Gasteiger partial charge on any atom is -0.373 e. The van der Waals surface area contributed by atoms with Crippen LogP contribution in [-0.2, 0) is 0 Å². The fourth-order valence-electron chi connectivity index (χ4n) is 1.20. The van der Waals surface area contributed by atoms with Crippen LogP contribution >= 0.6 is 12.6 Å². The minimum absolute atomic E-state index is 0.245. The molecule has 3 heteroatoms. The van der Waals surface area contributed by atoms with Crippen LogP contribution < -0.4 is 5.32 Å². The number of hydrogen-bond acceptors (Lipinski definition) is 3. The van der Waals surface area contributed by atoms with Gasteiger partial charge in [0.05, 0.1) is 5.37 Å². The van der Waals surface area contributed by atoms with E-state index in [-0.39, 0.29) is 5.37 Å². The molecule has 1 N–H and O–H groups in total. The summed E-state index contributed by atoms with van der Waals surface area (Å²) in [5.41, 5.74) is 2.26. The molecule has 0 aliphatic carbocycles. The molecule has 1 atom stereocenters. The second-order valence-electron chi connectivity index (χ2n) is 2.76. The monoisotopic (exact) mass is 194 g/mol. The molecule has 0 saturated heterocycles. The Balaban J connectivity index is 2.69. The topological polar surface area (TPSA) is 24.4 Å². The lowest BCUT2D eigenvalue weighted by molar-refractivity contribution is 0.829. The van der Waals surface area contributed by atoms with Crippen LogP contribution in [-0.4, -0.2) is 12.1 Å². The van der Waals surface area contributed by atoms with E-state index >= 15 is 0 Å². The van der Waals surface area contributed by atoms with Gasteiger partial charge in [-0.1, -0.05) is 12.2 Å². The van der Waals surface area contributed by atoms with Gasteiger partial charge in [0.25, 0.3) is 0 Å². The first kappa shape index (κ1) is 10.1. The van der Waals surface area contributed by atoms with E-state index in [4.69, 9.17) is 0 Å². The quantitative estimate of drug-likeness (QED) is 0.402. The summed E-state index contributed by atoms with van der Waals surface area (Å²) in [6.45, 7) is 5.39. The standard InChI is InChI=1S/C10H14N2S/c1-3-8(6-7-11-2)9-4-5-10(13)12-9/h3-4,6-7,10,12-13H,2,5H2,1H3/b7-6-,8-3+. The van der Waals surface area contributed by atoms with E-state index in [1.165, 1.54) is 0 Å². The summed E-state index contributed by atoms with van der Waals surface area (Å²) in [6, 6.07) is 0. The van der Waals surface area contributed by atoms with Crippen LogP contribution in [0.25, 0.3) is 0 Å². The van der Waals surface area contributed by atoms with E-state index in [9.17, 15) is 0 Å². The number of nitrogens with one attached hydrogen (secondary N) is 1. The van der Waals surface area contributed by atoms with Crippen molar-refractivity contribution in [2.24, 2.45) is 4.99 Å². The molecule has 0 aromatic carbocycles. The highest BCUT2D eigenvalue weighted by atomic mass is 32.1. The summed E-state index contributed by atoms with van der Waals surface area (Å²) < 4.78 is 0. The van der Waals surface area contributed by atoms with E-state index in [1.54, 1.807) is 6.20 Å². The summed E-state index contributed by atoms with van der Waals surface area (Å²) in [5.74, 6) is 0. The minimum atomic E-state index is 0.245. The fourth-order valence-corrected chi connectivity index (χ4v) is 1.45. The molecule has 0 spiro atoms. The predicted molar refractivity (Wildman–Crippen MR) is 61.1 cm³/mol. The van der Waals surface area contributed by atoms with Crippen LogP contribution in [0.2, 0.25) is 0 Å². The van der Waals surface area contributed by atoms with Crippen molar-refractivity contribution in [2.75, 3.05) is 0 Å². The Morgan fingerprint density at radius 2 is 2.62 bits per heavy atom. The number of allylic oxidation sites excluding steroid dienone is 2. The van der Waals surface area contributed by atoms with Crippen LogP contribution in [0.4, 0.5) is 0 Å². The van der Waals surface area contributed by atoms with Crippen molar-refractivity contribution in [3.63, 3.8) is 0 Å². The van der Waals surface area contributed by atoms with Crippen LogP contribution in [0, 0.1) is 0 Å². The number of nitrogens with zero attached hydrogens (tertiary/aromatic N) is 1. The van der Waals surface area contributed by atoms with Crippen molar-refractivity contribution < 1.29 is 0 Å². The molecule has 1 unspecified atom stereocenters. The van der Waals surface area contributed by atoms with Gasteiger partial charge in [0, 0.05) is 11.9 Å². The van der Waals surface area contributed by atoms with Gasteiger partial charge in [-0.15, -0.1) is 0 Å². The van der Waals surface area contributed by atoms with Crippen molar-refractivity contribution in [1.29, 1.82) is 0 Å². The van der Waals surface area contributed by atoms with Gasteiger partial charge in [0.15, 0.2) is 0 Å². The maximum Gasteiger partial charge on any atom is 0.0728 e. The zero-order valence-corrected chi connectivity index (χ0v) is 8.59. The Morgan fingerprint density at radius 1 is 1.85 bits per heavy atom. The average Bonchev–Trinajstić information content (AvgIpc) is 2.54. The van der Waals surface area contributed by atoms with Gasteiger partial charge in [-0.05, 0) is 31.7 Å². The molecular formula is C10H14N2S. The fraction of sp³-hybridized carbons (Fsp3) is 0.300. The predicted octanol–water partition coefficient (Wildman–Crippen LogP) is 2.28. The number of rotatable bonds is 3. The Morgan fingerprint density at radius 3 is 3.08 bits per heavy atom.